The summed E-state index contributed by atoms with van der Waals surface area (Å²) in [5.74, 6) is 1.84. The molecule has 1 rings (SSSR count). The summed E-state index contributed by atoms with van der Waals surface area (Å²) in [6.07, 6.45) is 1.21. The number of hydrogen-bond acceptors (Lipinski definition) is 4. The van der Waals surface area contributed by atoms with Crippen LogP contribution in [0.4, 0.5) is 0 Å². The molecule has 0 saturated heterocycles. The summed E-state index contributed by atoms with van der Waals surface area (Å²) in [4.78, 5) is 0. The lowest BCUT2D eigenvalue weighted by atomic mass is 10.2. The number of rotatable bonds is 4. The highest BCUT2D eigenvalue weighted by Crippen LogP contribution is 2.15. The molecule has 0 spiro atoms. The lowest BCUT2D eigenvalue weighted by Gasteiger charge is -2.01. The maximum Gasteiger partial charge on any atom is 0.209 e. The molecule has 4 nitrogen and oxygen atoms in total. The normalized spacial score (nSPS) is 11.0. The Morgan fingerprint density at radius 3 is 2.75 bits per heavy atom. The summed E-state index contributed by atoms with van der Waals surface area (Å²) in [5, 5.41) is 12.1. The largest absolute Gasteiger partial charge is 0.224 e. The lowest BCUT2D eigenvalue weighted by molar-refractivity contribution is 0.628. The molecule has 5 heteroatoms. The number of hydrogen-bond donors (Lipinski definition) is 0. The van der Waals surface area contributed by atoms with E-state index in [1.807, 2.05) is 7.05 Å². The summed E-state index contributed by atoms with van der Waals surface area (Å²) in [6.45, 7) is 4.44. The highest BCUT2D eigenvalue weighted by atomic mass is 32.2. The van der Waals surface area contributed by atoms with Crippen molar-refractivity contribution in [3.63, 3.8) is 0 Å². The van der Waals surface area contributed by atoms with Crippen molar-refractivity contribution in [3.8, 4) is 0 Å². The first-order valence-corrected chi connectivity index (χ1v) is 5.04. The minimum absolute atomic E-state index is 0.749. The van der Waals surface area contributed by atoms with Gasteiger partial charge in [-0.15, -0.1) is 5.10 Å². The second-order valence-electron chi connectivity index (χ2n) is 3.12. The van der Waals surface area contributed by atoms with Gasteiger partial charge in [-0.05, 0) is 22.8 Å². The van der Waals surface area contributed by atoms with Gasteiger partial charge in [0.2, 0.25) is 5.16 Å². The van der Waals surface area contributed by atoms with Crippen molar-refractivity contribution in [2.45, 2.75) is 25.4 Å². The van der Waals surface area contributed by atoms with Crippen LogP contribution in [0.2, 0.25) is 0 Å². The number of thioether (sulfide) groups is 1. The standard InChI is InChI=1S/C7H14N4S/c1-6(2)4-5-12-7-8-9-10-11(7)3/h6H,4-5H2,1-3H3. The lowest BCUT2D eigenvalue weighted by Crippen LogP contribution is -1.95. The molecule has 68 valence electrons. The van der Waals surface area contributed by atoms with Crippen molar-refractivity contribution < 1.29 is 0 Å². The molecular formula is C7H14N4S. The maximum atomic E-state index is 3.88. The fraction of sp³-hybridized carbons (Fsp3) is 0.857. The second kappa shape index (κ2) is 4.45. The van der Waals surface area contributed by atoms with E-state index in [0.717, 1.165) is 16.8 Å². The maximum absolute atomic E-state index is 3.88. The zero-order valence-corrected chi connectivity index (χ0v) is 8.51. The molecule has 0 aliphatic heterocycles. The number of aryl methyl sites for hydroxylation is 1. The van der Waals surface area contributed by atoms with Gasteiger partial charge >= 0.3 is 0 Å². The molecule has 0 amide bonds. The Morgan fingerprint density at radius 2 is 2.25 bits per heavy atom. The third kappa shape index (κ3) is 2.81. The second-order valence-corrected chi connectivity index (χ2v) is 4.18. The zero-order valence-electron chi connectivity index (χ0n) is 7.69. The van der Waals surface area contributed by atoms with Crippen LogP contribution in [0, 0.1) is 5.92 Å². The van der Waals surface area contributed by atoms with E-state index >= 15 is 0 Å². The molecule has 0 saturated carbocycles. The van der Waals surface area contributed by atoms with E-state index in [1.54, 1.807) is 16.4 Å². The first-order valence-electron chi connectivity index (χ1n) is 4.05. The van der Waals surface area contributed by atoms with E-state index in [1.165, 1.54) is 6.42 Å². The van der Waals surface area contributed by atoms with Crippen LogP contribution >= 0.6 is 11.8 Å². The molecule has 0 aliphatic rings. The van der Waals surface area contributed by atoms with Crippen LogP contribution in [-0.4, -0.2) is 26.0 Å². The average molecular weight is 186 g/mol. The van der Waals surface area contributed by atoms with E-state index in [2.05, 4.69) is 29.4 Å². The summed E-state index contributed by atoms with van der Waals surface area (Å²) in [5.41, 5.74) is 0. The Balaban J connectivity index is 2.29. The molecule has 0 radical (unpaired) electrons. The fourth-order valence-electron chi connectivity index (χ4n) is 0.729. The molecule has 1 heterocycles. The molecule has 0 unspecified atom stereocenters. The van der Waals surface area contributed by atoms with E-state index in [4.69, 9.17) is 0 Å². The summed E-state index contributed by atoms with van der Waals surface area (Å²) in [6, 6.07) is 0. The molecule has 12 heavy (non-hydrogen) atoms. The summed E-state index contributed by atoms with van der Waals surface area (Å²) < 4.78 is 1.70. The Kier molecular flexibility index (Phi) is 3.52. The van der Waals surface area contributed by atoms with Gasteiger partial charge in [-0.2, -0.15) is 0 Å². The average Bonchev–Trinajstić information content (AvgIpc) is 2.36. The first-order chi connectivity index (χ1) is 5.70. The van der Waals surface area contributed by atoms with Gasteiger partial charge in [-0.1, -0.05) is 25.6 Å². The molecule has 1 aromatic rings. The number of tetrazole rings is 1. The highest BCUT2D eigenvalue weighted by molar-refractivity contribution is 7.99. The van der Waals surface area contributed by atoms with E-state index in [9.17, 15) is 0 Å². The smallest absolute Gasteiger partial charge is 0.209 e. The zero-order chi connectivity index (χ0) is 8.97. The van der Waals surface area contributed by atoms with Crippen molar-refractivity contribution in [1.29, 1.82) is 0 Å². The van der Waals surface area contributed by atoms with Crippen molar-refractivity contribution >= 4 is 11.8 Å². The Bertz CT molecular complexity index is 233. The molecule has 0 atom stereocenters. The SMILES string of the molecule is CC(C)CCSc1nnnn1C. The molecular weight excluding hydrogens is 172 g/mol. The van der Waals surface area contributed by atoms with Crippen LogP contribution < -0.4 is 0 Å². The van der Waals surface area contributed by atoms with Crippen molar-refractivity contribution in [1.82, 2.24) is 20.2 Å². The van der Waals surface area contributed by atoms with Crippen LogP contribution in [0.1, 0.15) is 20.3 Å². The predicted molar refractivity (Wildman–Crippen MR) is 49.0 cm³/mol. The topological polar surface area (TPSA) is 43.6 Å². The Labute approximate surface area is 76.7 Å². The van der Waals surface area contributed by atoms with Gasteiger partial charge in [0.15, 0.2) is 0 Å². The summed E-state index contributed by atoms with van der Waals surface area (Å²) in [7, 11) is 1.86. The van der Waals surface area contributed by atoms with Crippen LogP contribution in [0.5, 0.6) is 0 Å². The minimum atomic E-state index is 0.749. The predicted octanol–water partition coefficient (Wildman–Crippen LogP) is 1.35. The highest BCUT2D eigenvalue weighted by Gasteiger charge is 2.02. The van der Waals surface area contributed by atoms with Crippen LogP contribution in [0.25, 0.3) is 0 Å². The van der Waals surface area contributed by atoms with Gasteiger partial charge < -0.3 is 0 Å². The third-order valence-electron chi connectivity index (χ3n) is 1.51. The van der Waals surface area contributed by atoms with Gasteiger partial charge in [0.1, 0.15) is 0 Å². The van der Waals surface area contributed by atoms with Crippen LogP contribution in [-0.2, 0) is 7.05 Å². The van der Waals surface area contributed by atoms with E-state index in [-0.39, 0.29) is 0 Å². The number of nitrogens with zero attached hydrogens (tertiary/aromatic N) is 4. The van der Waals surface area contributed by atoms with E-state index in [0.29, 0.717) is 0 Å². The van der Waals surface area contributed by atoms with E-state index < -0.39 is 0 Å². The molecule has 0 aliphatic carbocycles. The van der Waals surface area contributed by atoms with Gasteiger partial charge in [-0.3, -0.25) is 0 Å². The van der Waals surface area contributed by atoms with Gasteiger partial charge in [0.25, 0.3) is 0 Å². The fourth-order valence-corrected chi connectivity index (χ4v) is 1.82. The molecule has 0 aromatic carbocycles. The first kappa shape index (κ1) is 9.51. The monoisotopic (exact) mass is 186 g/mol. The molecule has 1 aromatic heterocycles. The number of aromatic nitrogens is 4. The van der Waals surface area contributed by atoms with Gasteiger partial charge in [0.05, 0.1) is 0 Å². The van der Waals surface area contributed by atoms with Gasteiger partial charge in [0, 0.05) is 12.8 Å². The van der Waals surface area contributed by atoms with Crippen molar-refractivity contribution in [2.75, 3.05) is 5.75 Å². The van der Waals surface area contributed by atoms with Crippen LogP contribution in [0.15, 0.2) is 5.16 Å². The van der Waals surface area contributed by atoms with Crippen molar-refractivity contribution in [2.24, 2.45) is 13.0 Å². The third-order valence-corrected chi connectivity index (χ3v) is 2.55. The molecule has 0 bridgehead atoms. The molecule has 0 fully saturated rings. The van der Waals surface area contributed by atoms with Crippen molar-refractivity contribution in [3.05, 3.63) is 0 Å². The minimum Gasteiger partial charge on any atom is -0.224 e. The van der Waals surface area contributed by atoms with Crippen LogP contribution in [0.3, 0.4) is 0 Å². The molecule has 0 N–H and O–H groups in total. The Hall–Kier alpha value is -0.580. The van der Waals surface area contributed by atoms with Gasteiger partial charge in [-0.25, -0.2) is 4.68 Å². The summed E-state index contributed by atoms with van der Waals surface area (Å²) >= 11 is 1.71. The Morgan fingerprint density at radius 1 is 1.50 bits per heavy atom. The quantitative estimate of drug-likeness (QED) is 0.666.